The van der Waals surface area contributed by atoms with E-state index in [1.165, 1.54) is 5.56 Å². The summed E-state index contributed by atoms with van der Waals surface area (Å²) in [7, 11) is 0. The second kappa shape index (κ2) is 6.23. The Labute approximate surface area is 118 Å². The predicted octanol–water partition coefficient (Wildman–Crippen LogP) is 2.96. The van der Waals surface area contributed by atoms with Crippen LogP contribution in [0.1, 0.15) is 22.6 Å². The molecule has 0 atom stereocenters. The lowest BCUT2D eigenvalue weighted by Crippen LogP contribution is -2.30. The van der Waals surface area contributed by atoms with Gasteiger partial charge in [0.05, 0.1) is 5.69 Å². The lowest BCUT2D eigenvalue weighted by atomic mass is 10.1. The van der Waals surface area contributed by atoms with Gasteiger partial charge in [0, 0.05) is 24.7 Å². The Balaban J connectivity index is 1.79. The smallest absolute Gasteiger partial charge is 0.319 e. The minimum atomic E-state index is -0.218. The van der Waals surface area contributed by atoms with E-state index in [1.807, 2.05) is 45.0 Å². The Bertz CT molecular complexity index is 605. The van der Waals surface area contributed by atoms with Crippen molar-refractivity contribution in [1.82, 2.24) is 10.5 Å². The highest BCUT2D eigenvalue weighted by atomic mass is 16.5. The van der Waals surface area contributed by atoms with Crippen molar-refractivity contribution < 1.29 is 9.32 Å². The van der Waals surface area contributed by atoms with Crippen LogP contribution in [0.2, 0.25) is 0 Å². The molecule has 0 aliphatic carbocycles. The summed E-state index contributed by atoms with van der Waals surface area (Å²) in [6.07, 6.45) is 0.626. The normalized spacial score (nSPS) is 10.3. The Hall–Kier alpha value is -2.30. The zero-order valence-corrected chi connectivity index (χ0v) is 12.0. The molecule has 0 spiro atoms. The van der Waals surface area contributed by atoms with E-state index >= 15 is 0 Å². The number of nitrogens with zero attached hydrogens (tertiary/aromatic N) is 1. The monoisotopic (exact) mass is 273 g/mol. The van der Waals surface area contributed by atoms with Gasteiger partial charge in [-0.3, -0.25) is 0 Å². The number of aryl methyl sites for hydroxylation is 3. The van der Waals surface area contributed by atoms with Gasteiger partial charge in [-0.05, 0) is 44.0 Å². The first kappa shape index (κ1) is 14.1. The van der Waals surface area contributed by atoms with Crippen LogP contribution in [0.15, 0.2) is 28.8 Å². The minimum absolute atomic E-state index is 0.218. The van der Waals surface area contributed by atoms with Crippen molar-refractivity contribution in [2.45, 2.75) is 27.2 Å². The molecule has 0 unspecified atom stereocenters. The first-order valence-corrected chi connectivity index (χ1v) is 6.59. The summed E-state index contributed by atoms with van der Waals surface area (Å²) in [6, 6.07) is 7.48. The van der Waals surface area contributed by atoms with Crippen molar-refractivity contribution >= 4 is 11.7 Å². The van der Waals surface area contributed by atoms with E-state index in [4.69, 9.17) is 4.52 Å². The van der Waals surface area contributed by atoms with Gasteiger partial charge in [0.15, 0.2) is 0 Å². The number of anilines is 1. The van der Waals surface area contributed by atoms with Crippen molar-refractivity contribution in [2.75, 3.05) is 11.9 Å². The van der Waals surface area contributed by atoms with E-state index < -0.39 is 0 Å². The SMILES string of the molecule is Cc1cc(CCNC(=O)Nc2ccc(C)c(C)c2)on1. The third-order valence-corrected chi connectivity index (χ3v) is 3.10. The van der Waals surface area contributed by atoms with E-state index in [0.29, 0.717) is 13.0 Å². The molecular weight excluding hydrogens is 254 g/mol. The molecule has 2 N–H and O–H groups in total. The van der Waals surface area contributed by atoms with Gasteiger partial charge in [-0.25, -0.2) is 4.79 Å². The van der Waals surface area contributed by atoms with Crippen LogP contribution in [0.5, 0.6) is 0 Å². The summed E-state index contributed by atoms with van der Waals surface area (Å²) in [6.45, 7) is 6.43. The second-order valence-electron chi connectivity index (χ2n) is 4.86. The summed E-state index contributed by atoms with van der Waals surface area (Å²) >= 11 is 0. The predicted molar refractivity (Wildman–Crippen MR) is 77.9 cm³/mol. The van der Waals surface area contributed by atoms with Gasteiger partial charge < -0.3 is 15.2 Å². The average molecular weight is 273 g/mol. The van der Waals surface area contributed by atoms with Crippen molar-refractivity contribution in [1.29, 1.82) is 0 Å². The molecule has 2 amide bonds. The molecule has 1 aromatic heterocycles. The number of carbonyl (C=O) groups is 1. The Morgan fingerprint density at radius 3 is 2.65 bits per heavy atom. The summed E-state index contributed by atoms with van der Waals surface area (Å²) in [5.41, 5.74) is 4.00. The summed E-state index contributed by atoms with van der Waals surface area (Å²) in [5, 5.41) is 9.39. The molecule has 0 bridgehead atoms. The number of hydrogen-bond acceptors (Lipinski definition) is 3. The summed E-state index contributed by atoms with van der Waals surface area (Å²) in [5.74, 6) is 0.772. The average Bonchev–Trinajstić information content (AvgIpc) is 2.80. The molecule has 2 rings (SSSR count). The number of carbonyl (C=O) groups excluding carboxylic acids is 1. The molecular formula is C15H19N3O2. The largest absolute Gasteiger partial charge is 0.361 e. The fraction of sp³-hybridized carbons (Fsp3) is 0.333. The van der Waals surface area contributed by atoms with E-state index in [9.17, 15) is 4.79 Å². The molecule has 2 aromatic rings. The number of rotatable bonds is 4. The first-order valence-electron chi connectivity index (χ1n) is 6.59. The number of aromatic nitrogens is 1. The lowest BCUT2D eigenvalue weighted by Gasteiger charge is -2.08. The van der Waals surface area contributed by atoms with Crippen LogP contribution in [-0.2, 0) is 6.42 Å². The van der Waals surface area contributed by atoms with Crippen molar-refractivity contribution in [3.05, 3.63) is 46.8 Å². The van der Waals surface area contributed by atoms with Crippen LogP contribution in [0.25, 0.3) is 0 Å². The molecule has 20 heavy (non-hydrogen) atoms. The van der Waals surface area contributed by atoms with Gasteiger partial charge in [0.2, 0.25) is 0 Å². The molecule has 0 aliphatic heterocycles. The Morgan fingerprint density at radius 1 is 1.20 bits per heavy atom. The Kier molecular flexibility index (Phi) is 4.40. The molecule has 1 heterocycles. The number of hydrogen-bond donors (Lipinski definition) is 2. The highest BCUT2D eigenvalue weighted by Gasteiger charge is 2.04. The lowest BCUT2D eigenvalue weighted by molar-refractivity contribution is 0.252. The fourth-order valence-electron chi connectivity index (χ4n) is 1.83. The van der Waals surface area contributed by atoms with E-state index in [0.717, 1.165) is 22.7 Å². The molecule has 0 saturated heterocycles. The highest BCUT2D eigenvalue weighted by molar-refractivity contribution is 5.89. The van der Waals surface area contributed by atoms with Crippen LogP contribution in [0, 0.1) is 20.8 Å². The Morgan fingerprint density at radius 2 is 2.00 bits per heavy atom. The molecule has 106 valence electrons. The van der Waals surface area contributed by atoms with Crippen LogP contribution in [-0.4, -0.2) is 17.7 Å². The van der Waals surface area contributed by atoms with Crippen LogP contribution in [0.3, 0.4) is 0 Å². The van der Waals surface area contributed by atoms with Crippen molar-refractivity contribution in [3.8, 4) is 0 Å². The molecule has 1 aromatic carbocycles. The summed E-state index contributed by atoms with van der Waals surface area (Å²) in [4.78, 5) is 11.7. The maximum absolute atomic E-state index is 11.7. The molecule has 5 heteroatoms. The van der Waals surface area contributed by atoms with Crippen molar-refractivity contribution in [3.63, 3.8) is 0 Å². The molecule has 0 radical (unpaired) electrons. The van der Waals surface area contributed by atoms with Gasteiger partial charge >= 0.3 is 6.03 Å². The quantitative estimate of drug-likeness (QED) is 0.900. The third kappa shape index (κ3) is 3.85. The highest BCUT2D eigenvalue weighted by Crippen LogP contribution is 2.13. The second-order valence-corrected chi connectivity index (χ2v) is 4.86. The minimum Gasteiger partial charge on any atom is -0.361 e. The number of benzene rings is 1. The van der Waals surface area contributed by atoms with Gasteiger partial charge in [-0.2, -0.15) is 0 Å². The van der Waals surface area contributed by atoms with Gasteiger partial charge in [0.25, 0.3) is 0 Å². The zero-order chi connectivity index (χ0) is 14.5. The van der Waals surface area contributed by atoms with E-state index in [1.54, 1.807) is 0 Å². The molecule has 0 fully saturated rings. The van der Waals surface area contributed by atoms with Gasteiger partial charge in [-0.15, -0.1) is 0 Å². The van der Waals surface area contributed by atoms with Crippen LogP contribution >= 0.6 is 0 Å². The molecule has 0 saturated carbocycles. The number of amides is 2. The number of urea groups is 1. The maximum atomic E-state index is 11.7. The zero-order valence-electron chi connectivity index (χ0n) is 12.0. The standard InChI is InChI=1S/C15H19N3O2/c1-10-4-5-13(8-11(10)2)17-15(19)16-7-6-14-9-12(3)18-20-14/h4-5,8-9H,6-7H2,1-3H3,(H2,16,17,19). The first-order chi connectivity index (χ1) is 9.54. The molecule has 0 aliphatic rings. The fourth-order valence-corrected chi connectivity index (χ4v) is 1.83. The van der Waals surface area contributed by atoms with Crippen LogP contribution < -0.4 is 10.6 Å². The molecule has 5 nitrogen and oxygen atoms in total. The van der Waals surface area contributed by atoms with Gasteiger partial charge in [0.1, 0.15) is 5.76 Å². The maximum Gasteiger partial charge on any atom is 0.319 e. The summed E-state index contributed by atoms with van der Waals surface area (Å²) < 4.78 is 5.07. The van der Waals surface area contributed by atoms with Crippen molar-refractivity contribution in [2.24, 2.45) is 0 Å². The van der Waals surface area contributed by atoms with Crippen LogP contribution in [0.4, 0.5) is 10.5 Å². The van der Waals surface area contributed by atoms with E-state index in [2.05, 4.69) is 15.8 Å². The van der Waals surface area contributed by atoms with Gasteiger partial charge in [-0.1, -0.05) is 11.2 Å². The van der Waals surface area contributed by atoms with E-state index in [-0.39, 0.29) is 6.03 Å². The number of nitrogens with one attached hydrogen (secondary N) is 2. The topological polar surface area (TPSA) is 67.2 Å². The third-order valence-electron chi connectivity index (χ3n) is 3.10.